The van der Waals surface area contributed by atoms with E-state index in [4.69, 9.17) is 0 Å². The van der Waals surface area contributed by atoms with E-state index in [-0.39, 0.29) is 23.9 Å². The van der Waals surface area contributed by atoms with Gasteiger partial charge in [-0.3, -0.25) is 14.5 Å². The second-order valence-electron chi connectivity index (χ2n) is 7.48. The third-order valence-electron chi connectivity index (χ3n) is 4.73. The standard InChI is InChI=1S/C19H28BrN3O2/c1-14-6-5-9-23(12-14)19(2,3)13-22-17(24)11-21-18(25)15-7-4-8-16(20)10-15/h4,7-8,10,14H,5-6,9,11-13H2,1-3H3,(H,21,25)(H,22,24). The van der Waals surface area contributed by atoms with Crippen LogP contribution < -0.4 is 10.6 Å². The molecule has 25 heavy (non-hydrogen) atoms. The molecular weight excluding hydrogens is 382 g/mol. The lowest BCUT2D eigenvalue weighted by molar-refractivity contribution is -0.120. The molecule has 1 aromatic rings. The zero-order valence-corrected chi connectivity index (χ0v) is 16.9. The smallest absolute Gasteiger partial charge is 0.251 e. The van der Waals surface area contributed by atoms with E-state index in [9.17, 15) is 9.59 Å². The molecule has 0 spiro atoms. The molecule has 1 atom stereocenters. The van der Waals surface area contributed by atoms with Crippen LogP contribution in [0.15, 0.2) is 28.7 Å². The fraction of sp³-hybridized carbons (Fsp3) is 0.579. The van der Waals surface area contributed by atoms with Crippen molar-refractivity contribution in [3.8, 4) is 0 Å². The Morgan fingerprint density at radius 3 is 2.76 bits per heavy atom. The first-order valence-electron chi connectivity index (χ1n) is 8.83. The zero-order valence-electron chi connectivity index (χ0n) is 15.3. The number of benzene rings is 1. The monoisotopic (exact) mass is 409 g/mol. The van der Waals surface area contributed by atoms with Crippen LogP contribution in [0.5, 0.6) is 0 Å². The summed E-state index contributed by atoms with van der Waals surface area (Å²) in [5, 5.41) is 5.61. The minimum atomic E-state index is -0.249. The first kappa shape index (κ1) is 19.9. The van der Waals surface area contributed by atoms with Crippen molar-refractivity contribution < 1.29 is 9.59 Å². The topological polar surface area (TPSA) is 61.4 Å². The highest BCUT2D eigenvalue weighted by atomic mass is 79.9. The Balaban J connectivity index is 1.77. The maximum absolute atomic E-state index is 12.1. The predicted octanol–water partition coefficient (Wildman–Crippen LogP) is 2.81. The van der Waals surface area contributed by atoms with Gasteiger partial charge in [-0.05, 0) is 57.4 Å². The fourth-order valence-electron chi connectivity index (χ4n) is 3.12. The summed E-state index contributed by atoms with van der Waals surface area (Å²) < 4.78 is 0.835. The minimum absolute atomic E-state index is 0.0160. The molecule has 1 fully saturated rings. The Morgan fingerprint density at radius 2 is 2.08 bits per heavy atom. The fourth-order valence-corrected chi connectivity index (χ4v) is 3.52. The minimum Gasteiger partial charge on any atom is -0.353 e. The average molecular weight is 410 g/mol. The number of amides is 2. The number of halogens is 1. The lowest BCUT2D eigenvalue weighted by Crippen LogP contribution is -2.55. The first-order valence-corrected chi connectivity index (χ1v) is 9.63. The third kappa shape index (κ3) is 6.12. The number of carbonyl (C=O) groups is 2. The number of likely N-dealkylation sites (tertiary alicyclic amines) is 1. The van der Waals surface area contributed by atoms with Crippen molar-refractivity contribution in [2.75, 3.05) is 26.2 Å². The summed E-state index contributed by atoms with van der Waals surface area (Å²) in [5.41, 5.74) is 0.448. The van der Waals surface area contributed by atoms with E-state index in [1.165, 1.54) is 12.8 Å². The van der Waals surface area contributed by atoms with Crippen molar-refractivity contribution in [3.63, 3.8) is 0 Å². The molecular formula is C19H28BrN3O2. The number of nitrogens with zero attached hydrogens (tertiary/aromatic N) is 1. The Hall–Kier alpha value is -1.40. The van der Waals surface area contributed by atoms with Gasteiger partial charge in [0.05, 0.1) is 6.54 Å². The zero-order chi connectivity index (χ0) is 18.4. The molecule has 1 saturated heterocycles. The molecule has 6 heteroatoms. The second-order valence-corrected chi connectivity index (χ2v) is 8.39. The maximum Gasteiger partial charge on any atom is 0.251 e. The molecule has 0 radical (unpaired) electrons. The first-order chi connectivity index (χ1) is 11.8. The lowest BCUT2D eigenvalue weighted by atomic mass is 9.93. The van der Waals surface area contributed by atoms with Crippen LogP contribution in [0.25, 0.3) is 0 Å². The highest BCUT2D eigenvalue weighted by Crippen LogP contribution is 2.23. The van der Waals surface area contributed by atoms with Crippen LogP contribution in [0.4, 0.5) is 0 Å². The number of hydrogen-bond donors (Lipinski definition) is 2. The van der Waals surface area contributed by atoms with Crippen LogP contribution in [0.2, 0.25) is 0 Å². The maximum atomic E-state index is 12.1. The summed E-state index contributed by atoms with van der Waals surface area (Å²) in [6.45, 7) is 9.30. The van der Waals surface area contributed by atoms with E-state index in [1.807, 2.05) is 6.07 Å². The van der Waals surface area contributed by atoms with Gasteiger partial charge in [-0.2, -0.15) is 0 Å². The Kier molecular flexibility index (Phi) is 7.02. The predicted molar refractivity (Wildman–Crippen MR) is 104 cm³/mol. The number of nitrogens with one attached hydrogen (secondary N) is 2. The van der Waals surface area contributed by atoms with Gasteiger partial charge in [0.15, 0.2) is 0 Å². The summed E-state index contributed by atoms with van der Waals surface area (Å²) >= 11 is 3.34. The van der Waals surface area contributed by atoms with Crippen LogP contribution in [-0.4, -0.2) is 48.4 Å². The summed E-state index contributed by atoms with van der Waals surface area (Å²) in [6.07, 6.45) is 2.49. The van der Waals surface area contributed by atoms with Gasteiger partial charge < -0.3 is 10.6 Å². The van der Waals surface area contributed by atoms with Crippen molar-refractivity contribution in [1.82, 2.24) is 15.5 Å². The molecule has 2 rings (SSSR count). The van der Waals surface area contributed by atoms with Crippen LogP contribution in [0.1, 0.15) is 44.0 Å². The molecule has 1 heterocycles. The molecule has 2 N–H and O–H groups in total. The molecule has 1 aliphatic heterocycles. The van der Waals surface area contributed by atoms with Gasteiger partial charge in [0.1, 0.15) is 0 Å². The Labute approximate surface area is 158 Å². The molecule has 0 bridgehead atoms. The molecule has 0 aromatic heterocycles. The van der Waals surface area contributed by atoms with Crippen LogP contribution in [-0.2, 0) is 4.79 Å². The molecule has 2 amide bonds. The average Bonchev–Trinajstić information content (AvgIpc) is 2.58. The number of carbonyl (C=O) groups excluding carboxylic acids is 2. The van der Waals surface area contributed by atoms with E-state index in [1.54, 1.807) is 18.2 Å². The molecule has 0 saturated carbocycles. The highest BCUT2D eigenvalue weighted by Gasteiger charge is 2.30. The Bertz CT molecular complexity index is 618. The normalized spacial score (nSPS) is 18.6. The molecule has 1 aliphatic rings. The summed E-state index contributed by atoms with van der Waals surface area (Å²) in [7, 11) is 0. The van der Waals surface area contributed by atoms with Crippen LogP contribution >= 0.6 is 15.9 Å². The lowest BCUT2D eigenvalue weighted by Gasteiger charge is -2.43. The van der Waals surface area contributed by atoms with Gasteiger partial charge in [0.25, 0.3) is 5.91 Å². The van der Waals surface area contributed by atoms with E-state index < -0.39 is 0 Å². The van der Waals surface area contributed by atoms with Crippen molar-refractivity contribution >= 4 is 27.7 Å². The third-order valence-corrected chi connectivity index (χ3v) is 5.22. The van der Waals surface area contributed by atoms with Crippen LogP contribution in [0.3, 0.4) is 0 Å². The van der Waals surface area contributed by atoms with Crippen molar-refractivity contribution in [2.45, 2.75) is 39.2 Å². The SMILES string of the molecule is CC1CCCN(C(C)(C)CNC(=O)CNC(=O)c2cccc(Br)c2)C1. The van der Waals surface area contributed by atoms with Gasteiger partial charge in [-0.15, -0.1) is 0 Å². The number of rotatable bonds is 6. The van der Waals surface area contributed by atoms with Crippen molar-refractivity contribution in [3.05, 3.63) is 34.3 Å². The summed E-state index contributed by atoms with van der Waals surface area (Å²) in [4.78, 5) is 26.6. The van der Waals surface area contributed by atoms with Crippen LogP contribution in [0, 0.1) is 5.92 Å². The highest BCUT2D eigenvalue weighted by molar-refractivity contribution is 9.10. The van der Waals surface area contributed by atoms with E-state index in [0.717, 1.165) is 17.6 Å². The van der Waals surface area contributed by atoms with Crippen molar-refractivity contribution in [2.24, 2.45) is 5.92 Å². The van der Waals surface area contributed by atoms with E-state index in [0.29, 0.717) is 18.0 Å². The molecule has 1 aromatic carbocycles. The second kappa shape index (κ2) is 8.81. The largest absolute Gasteiger partial charge is 0.353 e. The number of hydrogen-bond acceptors (Lipinski definition) is 3. The van der Waals surface area contributed by atoms with Gasteiger partial charge >= 0.3 is 0 Å². The molecule has 0 aliphatic carbocycles. The molecule has 1 unspecified atom stereocenters. The Morgan fingerprint density at radius 1 is 1.32 bits per heavy atom. The van der Waals surface area contributed by atoms with E-state index in [2.05, 4.69) is 52.2 Å². The quantitative estimate of drug-likeness (QED) is 0.758. The van der Waals surface area contributed by atoms with E-state index >= 15 is 0 Å². The molecule has 138 valence electrons. The van der Waals surface area contributed by atoms with Crippen molar-refractivity contribution in [1.29, 1.82) is 0 Å². The molecule has 5 nitrogen and oxygen atoms in total. The van der Waals surface area contributed by atoms with Gasteiger partial charge in [0, 0.05) is 28.7 Å². The van der Waals surface area contributed by atoms with Gasteiger partial charge in [-0.1, -0.05) is 28.9 Å². The summed E-state index contributed by atoms with van der Waals surface area (Å²) in [5.74, 6) is 0.287. The summed E-state index contributed by atoms with van der Waals surface area (Å²) in [6, 6.07) is 7.10. The van der Waals surface area contributed by atoms with Gasteiger partial charge in [0.2, 0.25) is 5.91 Å². The van der Waals surface area contributed by atoms with Gasteiger partial charge in [-0.25, -0.2) is 0 Å². The number of piperidine rings is 1.